The minimum atomic E-state index is -2.81. The third-order valence-electron chi connectivity index (χ3n) is 8.77. The third kappa shape index (κ3) is 5.58. The summed E-state index contributed by atoms with van der Waals surface area (Å²) in [6.45, 7) is 5.65. The van der Waals surface area contributed by atoms with Crippen molar-refractivity contribution in [1.29, 1.82) is 0 Å². The molecule has 2 aromatic rings. The molecule has 3 aliphatic heterocycles. The number of anilines is 2. The molecule has 3 heterocycles. The Morgan fingerprint density at radius 3 is 2.37 bits per heavy atom. The van der Waals surface area contributed by atoms with Crippen LogP contribution >= 0.6 is 15.9 Å². The Hall–Kier alpha value is -2.24. The van der Waals surface area contributed by atoms with Crippen molar-refractivity contribution in [3.05, 3.63) is 58.1 Å². The molecule has 0 saturated carbocycles. The number of nitrogens with zero attached hydrogens (tertiary/aromatic N) is 1. The van der Waals surface area contributed by atoms with Crippen molar-refractivity contribution in [2.45, 2.75) is 80.9 Å². The van der Waals surface area contributed by atoms with Gasteiger partial charge in [0.15, 0.2) is 26.3 Å². The Bertz CT molecular complexity index is 1370. The summed E-state index contributed by atoms with van der Waals surface area (Å²) in [5.74, 6) is -1.43. The monoisotopic (exact) mass is 680 g/mol. The van der Waals surface area contributed by atoms with Crippen LogP contribution in [0.4, 0.5) is 11.4 Å². The van der Waals surface area contributed by atoms with Crippen molar-refractivity contribution in [2.75, 3.05) is 16.8 Å². The van der Waals surface area contributed by atoms with Gasteiger partial charge in [-0.05, 0) is 55.4 Å². The van der Waals surface area contributed by atoms with Gasteiger partial charge in [-0.1, -0.05) is 35.0 Å². The van der Waals surface area contributed by atoms with Gasteiger partial charge in [0.05, 0.1) is 18.3 Å². The molecule has 2 fully saturated rings. The molecule has 14 heteroatoms. The van der Waals surface area contributed by atoms with Crippen LogP contribution in [-0.4, -0.2) is 93.9 Å². The molecule has 234 valence electrons. The molecular weight excluding hydrogens is 644 g/mol. The number of halogens is 1. The van der Waals surface area contributed by atoms with Gasteiger partial charge in [0.2, 0.25) is 0 Å². The van der Waals surface area contributed by atoms with Crippen LogP contribution in [0.1, 0.15) is 24.5 Å². The maximum absolute atomic E-state index is 14.3. The van der Waals surface area contributed by atoms with Crippen LogP contribution < -0.4 is 10.2 Å². The maximum Gasteiger partial charge on any atom is 0.264 e. The number of ether oxygens (including phenoxy) is 2. The summed E-state index contributed by atoms with van der Waals surface area (Å²) in [5, 5.41) is 51.7. The van der Waals surface area contributed by atoms with E-state index in [2.05, 4.69) is 21.2 Å². The van der Waals surface area contributed by atoms with E-state index in [1.54, 1.807) is 29.2 Å². The Morgan fingerprint density at radius 1 is 1.07 bits per heavy atom. The molecule has 43 heavy (non-hydrogen) atoms. The van der Waals surface area contributed by atoms with E-state index in [-0.39, 0.29) is 30.5 Å². The van der Waals surface area contributed by atoms with Gasteiger partial charge < -0.3 is 50.0 Å². The second kappa shape index (κ2) is 11.9. The highest BCUT2D eigenvalue weighted by atomic mass is 79.9. The van der Waals surface area contributed by atoms with Gasteiger partial charge in [0.1, 0.15) is 18.3 Å². The van der Waals surface area contributed by atoms with Crippen molar-refractivity contribution < 1.29 is 49.4 Å². The molecule has 9 atom stereocenters. The maximum atomic E-state index is 14.3. The minimum Gasteiger partial charge on any atom is -0.432 e. The Balaban J connectivity index is 1.38. The molecule has 1 spiro atoms. The summed E-state index contributed by atoms with van der Waals surface area (Å²) < 4.78 is 12.3. The fourth-order valence-corrected chi connectivity index (χ4v) is 9.74. The lowest BCUT2D eigenvalue weighted by atomic mass is 9.82. The molecule has 2 aromatic carbocycles. The number of nitrogens with one attached hydrogen (secondary N) is 1. The topological polar surface area (TPSA) is 189 Å². The average molecular weight is 682 g/mol. The molecule has 0 bridgehead atoms. The van der Waals surface area contributed by atoms with Gasteiger partial charge in [-0.25, -0.2) is 0 Å². The average Bonchev–Trinajstić information content (AvgIpc) is 3.37. The first-order chi connectivity index (χ1) is 20.2. The van der Waals surface area contributed by atoms with Crippen molar-refractivity contribution in [3.63, 3.8) is 0 Å². The highest BCUT2D eigenvalue weighted by molar-refractivity contribution is 9.10. The van der Waals surface area contributed by atoms with Gasteiger partial charge in [0.25, 0.3) is 11.8 Å². The number of aliphatic hydroxyl groups is 5. The summed E-state index contributed by atoms with van der Waals surface area (Å²) in [7, 11) is -2.81. The first-order valence-electron chi connectivity index (χ1n) is 14.1. The molecule has 5 rings (SSSR count). The second-order valence-electron chi connectivity index (χ2n) is 12.0. The number of amides is 2. The van der Waals surface area contributed by atoms with Crippen molar-refractivity contribution in [3.8, 4) is 0 Å². The van der Waals surface area contributed by atoms with Crippen LogP contribution in [0, 0.1) is 5.92 Å². The lowest BCUT2D eigenvalue weighted by molar-refractivity contribution is -0.274. The van der Waals surface area contributed by atoms with E-state index in [1.165, 1.54) is 0 Å². The molecule has 3 aliphatic rings. The Morgan fingerprint density at radius 2 is 1.74 bits per heavy atom. The first kappa shape index (κ1) is 32.2. The quantitative estimate of drug-likeness (QED) is 0.207. The van der Waals surface area contributed by atoms with E-state index in [1.807, 2.05) is 38.2 Å². The number of rotatable bonds is 7. The molecule has 0 radical (unpaired) electrons. The summed E-state index contributed by atoms with van der Waals surface area (Å²) in [6.07, 6.45) is -8.89. The molecule has 2 saturated heterocycles. The van der Waals surface area contributed by atoms with Crippen LogP contribution in [0.3, 0.4) is 0 Å². The normalized spacial score (nSPS) is 34.1. The lowest BCUT2D eigenvalue weighted by Crippen LogP contribution is -2.60. The van der Waals surface area contributed by atoms with E-state index in [9.17, 15) is 39.9 Å². The number of hydrogen-bond acceptors (Lipinski definition) is 10. The second-order valence-corrected chi connectivity index (χ2v) is 16.9. The predicted octanol–water partition coefficient (Wildman–Crippen LogP) is 0.915. The van der Waals surface area contributed by atoms with Crippen LogP contribution in [0.25, 0.3) is 0 Å². The molecule has 0 aliphatic carbocycles. The van der Waals surface area contributed by atoms with Crippen LogP contribution in [0.5, 0.6) is 0 Å². The van der Waals surface area contributed by atoms with Gasteiger partial charge in [-0.2, -0.15) is 0 Å². The number of hydrogen-bond donors (Lipinski definition) is 7. The van der Waals surface area contributed by atoms with Gasteiger partial charge in [-0.15, -0.1) is 0 Å². The number of fused-ring (bicyclic) bond motifs is 2. The van der Waals surface area contributed by atoms with E-state index in [4.69, 9.17) is 9.47 Å². The molecule has 12 nitrogen and oxygen atoms in total. The van der Waals surface area contributed by atoms with Crippen molar-refractivity contribution in [2.24, 2.45) is 5.92 Å². The van der Waals surface area contributed by atoms with Gasteiger partial charge in [0, 0.05) is 33.8 Å². The van der Waals surface area contributed by atoms with E-state index >= 15 is 0 Å². The van der Waals surface area contributed by atoms with Gasteiger partial charge >= 0.3 is 0 Å². The zero-order chi connectivity index (χ0) is 31.4. The number of carbonyl (C=O) groups is 2. The smallest absolute Gasteiger partial charge is 0.264 e. The van der Waals surface area contributed by atoms with Gasteiger partial charge in [-0.3, -0.25) is 9.59 Å². The number of aliphatic hydroxyl groups excluding tert-OH is 5. The fraction of sp³-hybridized carbons (Fsp3) is 0.517. The zero-order valence-corrected chi connectivity index (χ0v) is 26.5. The lowest BCUT2D eigenvalue weighted by Gasteiger charge is -2.37. The zero-order valence-electron chi connectivity index (χ0n) is 23.9. The van der Waals surface area contributed by atoms with E-state index < -0.39 is 56.6 Å². The van der Waals surface area contributed by atoms with Crippen LogP contribution in [-0.2, 0) is 31.2 Å². The molecule has 7 N–H and O–H groups in total. The highest BCUT2D eigenvalue weighted by Crippen LogP contribution is 2.60. The number of benzene rings is 2. The van der Waals surface area contributed by atoms with E-state index in [0.717, 1.165) is 10.0 Å². The minimum absolute atomic E-state index is 0.129. The summed E-state index contributed by atoms with van der Waals surface area (Å²) >= 11 is 3.53. The standard InChI is InChI=1S/C29H37BrN2O10Si/c1-14-25(43(2,3)40)20(10-11-33)42-29(14)18-12-16(30)6-9-19(18)32(28(29)39)13-15-4-7-17(8-5-15)31-26(37)24-22(35)21(34)23(36)27(38)41-24/h4-9,12,14,20-25,27,33-36,38,40H,10-11,13H2,1-3H3,(H,31,37)/t14-,20+,21-,22-,23+,24-,25-,27+,29+/m0/s1. The highest BCUT2D eigenvalue weighted by Gasteiger charge is 2.66. The van der Waals surface area contributed by atoms with E-state index in [0.29, 0.717) is 23.4 Å². The fourth-order valence-electron chi connectivity index (χ4n) is 6.77. The van der Waals surface area contributed by atoms with Crippen LogP contribution in [0.15, 0.2) is 46.9 Å². The van der Waals surface area contributed by atoms with Crippen LogP contribution in [0.2, 0.25) is 18.6 Å². The predicted molar refractivity (Wildman–Crippen MR) is 160 cm³/mol. The van der Waals surface area contributed by atoms with Crippen molar-refractivity contribution >= 4 is 47.4 Å². The summed E-state index contributed by atoms with van der Waals surface area (Å²) in [5.41, 5.74) is 0.856. The molecule has 0 aromatic heterocycles. The molecule has 0 unspecified atom stereocenters. The first-order valence-corrected chi connectivity index (χ1v) is 17.9. The number of carbonyl (C=O) groups excluding carboxylic acids is 2. The Labute approximate surface area is 258 Å². The SMILES string of the molecule is C[C@H]1[C@H]([Si](C)(C)O)[C@@H](CCO)O[C@]12C(=O)N(Cc1ccc(NC(=O)[C@H]3O[C@@H](O)[C@H](O)[C@@H](O)[C@@H]3O)cc1)c1ccc(Br)cc12. The van der Waals surface area contributed by atoms with Crippen molar-refractivity contribution in [1.82, 2.24) is 0 Å². The molecular formula is C29H37BrN2O10Si. The summed E-state index contributed by atoms with van der Waals surface area (Å²) in [4.78, 5) is 39.9. The largest absolute Gasteiger partial charge is 0.432 e. The third-order valence-corrected chi connectivity index (χ3v) is 11.8. The Kier molecular flexibility index (Phi) is 8.92. The molecule has 2 amide bonds. The summed E-state index contributed by atoms with van der Waals surface area (Å²) in [6, 6.07) is 12.2.